The predicted molar refractivity (Wildman–Crippen MR) is 78.8 cm³/mol. The topological polar surface area (TPSA) is 84.4 Å². The van der Waals surface area contributed by atoms with Gasteiger partial charge in [0.2, 0.25) is 0 Å². The number of anilines is 1. The van der Waals surface area contributed by atoms with E-state index in [4.69, 9.17) is 5.73 Å². The molecule has 3 N–H and O–H groups in total. The summed E-state index contributed by atoms with van der Waals surface area (Å²) >= 11 is 0. The molecule has 0 amide bonds. The molecule has 6 nitrogen and oxygen atoms in total. The second-order valence-corrected chi connectivity index (χ2v) is 5.38. The second kappa shape index (κ2) is 5.21. The van der Waals surface area contributed by atoms with Gasteiger partial charge >= 0.3 is 5.97 Å². The van der Waals surface area contributed by atoms with Crippen LogP contribution < -0.4 is 5.73 Å². The lowest BCUT2D eigenvalue weighted by atomic mass is 9.98. The first-order valence-corrected chi connectivity index (χ1v) is 6.89. The third kappa shape index (κ3) is 2.50. The molecule has 0 atom stereocenters. The summed E-state index contributed by atoms with van der Waals surface area (Å²) in [7, 11) is 1.78. The molecule has 0 radical (unpaired) electrons. The molecule has 3 rings (SSSR count). The molecule has 2 heterocycles. The standard InChI is InChI=1S/C15H18N4O2/c1-18-14(12(7-17-18)15(20)21)9-19-6-5-11-10(8-19)3-2-4-13(11)16/h2-4,7H,5-6,8-9,16H2,1H3,(H,20,21). The number of carboxylic acids is 1. The molecule has 0 unspecified atom stereocenters. The van der Waals surface area contributed by atoms with E-state index in [1.807, 2.05) is 12.1 Å². The number of hydrogen-bond donors (Lipinski definition) is 2. The summed E-state index contributed by atoms with van der Waals surface area (Å²) in [5.74, 6) is -0.931. The monoisotopic (exact) mass is 286 g/mol. The molecular weight excluding hydrogens is 268 g/mol. The zero-order valence-electron chi connectivity index (χ0n) is 11.9. The van der Waals surface area contributed by atoms with Gasteiger partial charge in [0.25, 0.3) is 0 Å². The Balaban J connectivity index is 1.82. The van der Waals surface area contributed by atoms with Crippen LogP contribution in [-0.4, -0.2) is 32.3 Å². The minimum absolute atomic E-state index is 0.274. The highest BCUT2D eigenvalue weighted by atomic mass is 16.4. The van der Waals surface area contributed by atoms with Crippen molar-refractivity contribution in [3.05, 3.63) is 46.8 Å². The molecule has 6 heteroatoms. The van der Waals surface area contributed by atoms with Crippen LogP contribution in [0.25, 0.3) is 0 Å². The molecule has 1 aliphatic rings. The number of aromatic nitrogens is 2. The van der Waals surface area contributed by atoms with Gasteiger partial charge in [0.15, 0.2) is 0 Å². The maximum absolute atomic E-state index is 11.2. The number of carboxylic acid groups (broad SMARTS) is 1. The lowest BCUT2D eigenvalue weighted by Gasteiger charge is -2.29. The summed E-state index contributed by atoms with van der Waals surface area (Å²) in [4.78, 5) is 13.5. The molecule has 21 heavy (non-hydrogen) atoms. The maximum Gasteiger partial charge on any atom is 0.339 e. The van der Waals surface area contributed by atoms with Gasteiger partial charge in [-0.1, -0.05) is 12.1 Å². The van der Waals surface area contributed by atoms with Gasteiger partial charge in [-0.2, -0.15) is 5.10 Å². The van der Waals surface area contributed by atoms with Crippen LogP contribution in [0.3, 0.4) is 0 Å². The maximum atomic E-state index is 11.2. The molecule has 1 aromatic carbocycles. The molecule has 0 spiro atoms. The first-order chi connectivity index (χ1) is 10.1. The number of fused-ring (bicyclic) bond motifs is 1. The molecule has 110 valence electrons. The van der Waals surface area contributed by atoms with Crippen molar-refractivity contribution >= 4 is 11.7 Å². The predicted octanol–water partition coefficient (Wildman–Crippen LogP) is 1.26. The van der Waals surface area contributed by atoms with Crippen molar-refractivity contribution in [2.45, 2.75) is 19.5 Å². The highest BCUT2D eigenvalue weighted by Gasteiger charge is 2.22. The van der Waals surface area contributed by atoms with E-state index < -0.39 is 5.97 Å². The number of nitrogens with two attached hydrogens (primary N) is 1. The fraction of sp³-hybridized carbons (Fsp3) is 0.333. The minimum Gasteiger partial charge on any atom is -0.478 e. The van der Waals surface area contributed by atoms with Crippen molar-refractivity contribution < 1.29 is 9.90 Å². The summed E-state index contributed by atoms with van der Waals surface area (Å²) in [6.45, 7) is 2.22. The molecule has 0 fully saturated rings. The summed E-state index contributed by atoms with van der Waals surface area (Å²) in [6, 6.07) is 5.97. The average Bonchev–Trinajstić information content (AvgIpc) is 2.81. The highest BCUT2D eigenvalue weighted by molar-refractivity contribution is 5.88. The fourth-order valence-electron chi connectivity index (χ4n) is 2.87. The SMILES string of the molecule is Cn1ncc(C(=O)O)c1CN1CCc2c(N)cccc2C1. The van der Waals surface area contributed by atoms with Gasteiger partial charge in [-0.05, 0) is 23.6 Å². The van der Waals surface area contributed by atoms with Gasteiger partial charge < -0.3 is 10.8 Å². The Bertz CT molecular complexity index is 693. The number of aromatic carboxylic acids is 1. The van der Waals surface area contributed by atoms with Crippen LogP contribution in [0.4, 0.5) is 5.69 Å². The van der Waals surface area contributed by atoms with Gasteiger partial charge in [-0.25, -0.2) is 4.79 Å². The largest absolute Gasteiger partial charge is 0.478 e. The lowest BCUT2D eigenvalue weighted by Crippen LogP contribution is -2.31. The number of nitrogens with zero attached hydrogens (tertiary/aromatic N) is 3. The van der Waals surface area contributed by atoms with Crippen molar-refractivity contribution in [2.24, 2.45) is 7.05 Å². The van der Waals surface area contributed by atoms with Crippen LogP contribution in [0, 0.1) is 0 Å². The fourth-order valence-corrected chi connectivity index (χ4v) is 2.87. The third-order valence-corrected chi connectivity index (χ3v) is 4.05. The van der Waals surface area contributed by atoms with Crippen LogP contribution >= 0.6 is 0 Å². The van der Waals surface area contributed by atoms with Crippen molar-refractivity contribution in [1.82, 2.24) is 14.7 Å². The number of nitrogen functional groups attached to an aromatic ring is 1. The smallest absolute Gasteiger partial charge is 0.339 e. The van der Waals surface area contributed by atoms with Gasteiger partial charge in [0, 0.05) is 32.4 Å². The van der Waals surface area contributed by atoms with Gasteiger partial charge in [-0.15, -0.1) is 0 Å². The molecular formula is C15H18N4O2. The van der Waals surface area contributed by atoms with E-state index in [9.17, 15) is 9.90 Å². The first kappa shape index (κ1) is 13.6. The van der Waals surface area contributed by atoms with Crippen LogP contribution in [-0.2, 0) is 26.6 Å². The van der Waals surface area contributed by atoms with E-state index in [1.165, 1.54) is 17.3 Å². The van der Waals surface area contributed by atoms with Crippen molar-refractivity contribution in [1.29, 1.82) is 0 Å². The van der Waals surface area contributed by atoms with Crippen molar-refractivity contribution in [3.63, 3.8) is 0 Å². The lowest BCUT2D eigenvalue weighted by molar-refractivity contribution is 0.0694. The van der Waals surface area contributed by atoms with Crippen LogP contribution in [0.5, 0.6) is 0 Å². The molecule has 0 saturated carbocycles. The molecule has 0 aliphatic carbocycles. The van der Waals surface area contributed by atoms with E-state index in [1.54, 1.807) is 11.7 Å². The van der Waals surface area contributed by atoms with E-state index in [0.29, 0.717) is 6.54 Å². The number of hydrogen-bond acceptors (Lipinski definition) is 4. The Kier molecular flexibility index (Phi) is 3.39. The zero-order chi connectivity index (χ0) is 15.0. The van der Waals surface area contributed by atoms with E-state index in [-0.39, 0.29) is 5.56 Å². The van der Waals surface area contributed by atoms with Gasteiger partial charge in [0.1, 0.15) is 5.56 Å². The second-order valence-electron chi connectivity index (χ2n) is 5.38. The van der Waals surface area contributed by atoms with E-state index >= 15 is 0 Å². The Morgan fingerprint density at radius 3 is 3.05 bits per heavy atom. The normalized spacial score (nSPS) is 14.9. The van der Waals surface area contributed by atoms with Crippen molar-refractivity contribution in [2.75, 3.05) is 12.3 Å². The molecule has 0 saturated heterocycles. The van der Waals surface area contributed by atoms with E-state index in [0.717, 1.165) is 30.9 Å². The zero-order valence-corrected chi connectivity index (χ0v) is 11.9. The van der Waals surface area contributed by atoms with Crippen LogP contribution in [0.2, 0.25) is 0 Å². The Hall–Kier alpha value is -2.34. The summed E-state index contributed by atoms with van der Waals surface area (Å²) < 4.78 is 1.64. The Morgan fingerprint density at radius 1 is 1.48 bits per heavy atom. The van der Waals surface area contributed by atoms with Crippen molar-refractivity contribution in [3.8, 4) is 0 Å². The number of rotatable bonds is 3. The van der Waals surface area contributed by atoms with Gasteiger partial charge in [0.05, 0.1) is 11.9 Å². The average molecular weight is 286 g/mol. The molecule has 1 aromatic heterocycles. The highest BCUT2D eigenvalue weighted by Crippen LogP contribution is 2.25. The quantitative estimate of drug-likeness (QED) is 0.830. The Labute approximate surface area is 122 Å². The van der Waals surface area contributed by atoms with Crippen LogP contribution in [0.1, 0.15) is 27.2 Å². The minimum atomic E-state index is -0.931. The number of benzene rings is 1. The summed E-state index contributed by atoms with van der Waals surface area (Å²) in [6.07, 6.45) is 2.30. The molecule has 0 bridgehead atoms. The first-order valence-electron chi connectivity index (χ1n) is 6.89. The summed E-state index contributed by atoms with van der Waals surface area (Å²) in [5.41, 5.74) is 10.3. The third-order valence-electron chi connectivity index (χ3n) is 4.05. The molecule has 1 aliphatic heterocycles. The van der Waals surface area contributed by atoms with Crippen LogP contribution in [0.15, 0.2) is 24.4 Å². The number of aryl methyl sites for hydroxylation is 1. The Morgan fingerprint density at radius 2 is 2.29 bits per heavy atom. The molecule has 2 aromatic rings. The number of carbonyl (C=O) groups is 1. The summed E-state index contributed by atoms with van der Waals surface area (Å²) in [5, 5.41) is 13.3. The van der Waals surface area contributed by atoms with Gasteiger partial charge in [-0.3, -0.25) is 9.58 Å². The van der Waals surface area contributed by atoms with E-state index in [2.05, 4.69) is 16.1 Å².